The summed E-state index contributed by atoms with van der Waals surface area (Å²) < 4.78 is 44.7. The standard InChI is InChI=1S/C16H14ClNO2.C14H8F3N.C2H4O2/c1-11-4-3-5-15(18-11)8-6-13-10-14(17)7-9-16(13)20-12(2)19;1-9-3-2-4-10(18-9)5-6-11-12(15)7-8-13(16)14(11)17;1-2(3)4/h3-10H,1-2H3;2-4,7-8H,1H3;1H3,(H,3,4). The van der Waals surface area contributed by atoms with E-state index in [4.69, 9.17) is 26.2 Å². The van der Waals surface area contributed by atoms with E-state index in [0.29, 0.717) is 16.5 Å². The van der Waals surface area contributed by atoms with Crippen LogP contribution in [0.15, 0.2) is 66.7 Å². The van der Waals surface area contributed by atoms with E-state index in [0.717, 1.165) is 41.7 Å². The van der Waals surface area contributed by atoms with E-state index in [2.05, 4.69) is 21.8 Å². The van der Waals surface area contributed by atoms with Crippen LogP contribution in [0.2, 0.25) is 5.02 Å². The van der Waals surface area contributed by atoms with Crippen LogP contribution in [0, 0.1) is 43.1 Å². The third-order valence-corrected chi connectivity index (χ3v) is 5.05. The number of carboxylic acids is 1. The molecule has 216 valence electrons. The van der Waals surface area contributed by atoms with Crippen molar-refractivity contribution in [1.82, 2.24) is 9.97 Å². The Labute approximate surface area is 246 Å². The summed E-state index contributed by atoms with van der Waals surface area (Å²) in [5, 5.41) is 8.00. The van der Waals surface area contributed by atoms with Gasteiger partial charge in [0.2, 0.25) is 0 Å². The molecule has 0 aliphatic rings. The second-order valence-electron chi connectivity index (χ2n) is 8.46. The van der Waals surface area contributed by atoms with Gasteiger partial charge in [0.15, 0.2) is 11.6 Å². The van der Waals surface area contributed by atoms with E-state index in [1.54, 1.807) is 43.3 Å². The van der Waals surface area contributed by atoms with Crippen molar-refractivity contribution in [2.24, 2.45) is 0 Å². The van der Waals surface area contributed by atoms with Gasteiger partial charge in [-0.1, -0.05) is 29.7 Å². The summed E-state index contributed by atoms with van der Waals surface area (Å²) in [5.74, 6) is 0.741. The van der Waals surface area contributed by atoms with E-state index >= 15 is 0 Å². The lowest BCUT2D eigenvalue weighted by molar-refractivity contribution is -0.134. The maximum atomic E-state index is 13.3. The predicted octanol–water partition coefficient (Wildman–Crippen LogP) is 7.44. The van der Waals surface area contributed by atoms with Gasteiger partial charge in [-0.2, -0.15) is 0 Å². The zero-order chi connectivity index (χ0) is 31.2. The van der Waals surface area contributed by atoms with Gasteiger partial charge in [0.1, 0.15) is 17.3 Å². The summed E-state index contributed by atoms with van der Waals surface area (Å²) in [6.07, 6.45) is 3.68. The lowest BCUT2D eigenvalue weighted by atomic mass is 10.1. The fourth-order valence-electron chi connectivity index (χ4n) is 3.11. The van der Waals surface area contributed by atoms with Crippen LogP contribution < -0.4 is 4.74 Å². The van der Waals surface area contributed by atoms with Crippen LogP contribution in [0.1, 0.15) is 47.8 Å². The summed E-state index contributed by atoms with van der Waals surface area (Å²) in [7, 11) is 0. The number of carbonyl (C=O) groups excluding carboxylic acids is 1. The molecule has 0 saturated carbocycles. The van der Waals surface area contributed by atoms with Crippen LogP contribution in [0.4, 0.5) is 13.2 Å². The Morgan fingerprint density at radius 2 is 1.48 bits per heavy atom. The number of hydrogen-bond acceptors (Lipinski definition) is 5. The van der Waals surface area contributed by atoms with Gasteiger partial charge in [-0.05, 0) is 86.5 Å². The SMILES string of the molecule is CC(=O)O.CC(=O)Oc1ccc(Cl)cc1C=Cc1cccc(C)n1.Cc1cccc(C#Cc2c(F)ccc(F)c2F)n1. The highest BCUT2D eigenvalue weighted by Gasteiger charge is 2.11. The average Bonchev–Trinajstić information content (AvgIpc) is 2.91. The molecule has 0 amide bonds. The minimum absolute atomic E-state index is 0.365. The predicted molar refractivity (Wildman–Crippen MR) is 155 cm³/mol. The zero-order valence-corrected chi connectivity index (χ0v) is 23.8. The van der Waals surface area contributed by atoms with E-state index in [1.165, 1.54) is 6.92 Å². The third kappa shape index (κ3) is 11.7. The van der Waals surface area contributed by atoms with Crippen LogP contribution in [-0.4, -0.2) is 27.0 Å². The number of aromatic nitrogens is 2. The molecule has 0 saturated heterocycles. The van der Waals surface area contributed by atoms with Crippen molar-refractivity contribution in [3.05, 3.63) is 123 Å². The maximum absolute atomic E-state index is 13.3. The molecule has 10 heteroatoms. The molecule has 4 rings (SSSR count). The van der Waals surface area contributed by atoms with Crippen molar-refractivity contribution >= 4 is 35.7 Å². The molecule has 0 atom stereocenters. The van der Waals surface area contributed by atoms with Gasteiger partial charge in [-0.3, -0.25) is 14.6 Å². The Morgan fingerprint density at radius 3 is 2.10 bits per heavy atom. The monoisotopic (exact) mass is 594 g/mol. The van der Waals surface area contributed by atoms with Gasteiger partial charge >= 0.3 is 5.97 Å². The molecule has 2 heterocycles. The average molecular weight is 595 g/mol. The molecule has 0 radical (unpaired) electrons. The number of esters is 1. The molecule has 0 bridgehead atoms. The van der Waals surface area contributed by atoms with Crippen LogP contribution in [-0.2, 0) is 9.59 Å². The largest absolute Gasteiger partial charge is 0.481 e. The highest BCUT2D eigenvalue weighted by atomic mass is 35.5. The molecular formula is C32H26ClF3N2O4. The highest BCUT2D eigenvalue weighted by Crippen LogP contribution is 2.25. The van der Waals surface area contributed by atoms with Crippen molar-refractivity contribution in [3.63, 3.8) is 0 Å². The van der Waals surface area contributed by atoms with Crippen molar-refractivity contribution in [3.8, 4) is 17.6 Å². The molecule has 1 N–H and O–H groups in total. The minimum Gasteiger partial charge on any atom is -0.481 e. The molecular weight excluding hydrogens is 569 g/mol. The second kappa shape index (κ2) is 16.4. The Balaban J connectivity index is 0.000000262. The normalized spacial score (nSPS) is 9.90. The first-order chi connectivity index (χ1) is 19.8. The Bertz CT molecular complexity index is 1660. The number of hydrogen-bond donors (Lipinski definition) is 1. The highest BCUT2D eigenvalue weighted by molar-refractivity contribution is 6.30. The number of pyridine rings is 2. The first-order valence-electron chi connectivity index (χ1n) is 12.2. The molecule has 2 aromatic heterocycles. The summed E-state index contributed by atoms with van der Waals surface area (Å²) in [6, 6.07) is 17.5. The number of rotatable bonds is 3. The van der Waals surface area contributed by atoms with Crippen molar-refractivity contribution in [2.75, 3.05) is 0 Å². The van der Waals surface area contributed by atoms with E-state index < -0.39 is 29.0 Å². The number of ether oxygens (including phenoxy) is 1. The van der Waals surface area contributed by atoms with Crippen molar-refractivity contribution < 1.29 is 32.6 Å². The van der Waals surface area contributed by atoms with E-state index in [9.17, 15) is 18.0 Å². The topological polar surface area (TPSA) is 89.4 Å². The Morgan fingerprint density at radius 1 is 0.857 bits per heavy atom. The van der Waals surface area contributed by atoms with Gasteiger partial charge < -0.3 is 9.84 Å². The van der Waals surface area contributed by atoms with E-state index in [-0.39, 0.29) is 5.97 Å². The number of aliphatic carboxylic acids is 1. The fourth-order valence-corrected chi connectivity index (χ4v) is 3.29. The number of carboxylic acid groups (broad SMARTS) is 1. The smallest absolute Gasteiger partial charge is 0.308 e. The van der Waals surface area contributed by atoms with Crippen LogP contribution in [0.25, 0.3) is 12.2 Å². The molecule has 2 aromatic carbocycles. The number of nitrogens with zero attached hydrogens (tertiary/aromatic N) is 2. The summed E-state index contributed by atoms with van der Waals surface area (Å²) in [4.78, 5) is 28.5. The third-order valence-electron chi connectivity index (χ3n) is 4.82. The van der Waals surface area contributed by atoms with Crippen LogP contribution >= 0.6 is 11.6 Å². The molecule has 0 aliphatic carbocycles. The number of benzene rings is 2. The first kappa shape index (κ1) is 33.3. The Kier molecular flexibility index (Phi) is 13.0. The zero-order valence-electron chi connectivity index (χ0n) is 23.1. The van der Waals surface area contributed by atoms with Gasteiger partial charge in [0.25, 0.3) is 5.97 Å². The fraction of sp³-hybridized carbons (Fsp3) is 0.125. The summed E-state index contributed by atoms with van der Waals surface area (Å²) in [5.41, 5.74) is 3.03. The summed E-state index contributed by atoms with van der Waals surface area (Å²) in [6.45, 7) is 6.15. The Hall–Kier alpha value is -4.94. The molecule has 0 fully saturated rings. The molecule has 6 nitrogen and oxygen atoms in total. The first-order valence-corrected chi connectivity index (χ1v) is 12.6. The number of aryl methyl sites for hydroxylation is 2. The van der Waals surface area contributed by atoms with Gasteiger partial charge in [0.05, 0.1) is 11.3 Å². The van der Waals surface area contributed by atoms with Crippen LogP contribution in [0.3, 0.4) is 0 Å². The van der Waals surface area contributed by atoms with Gasteiger partial charge in [0, 0.05) is 35.8 Å². The van der Waals surface area contributed by atoms with Crippen molar-refractivity contribution in [1.29, 1.82) is 0 Å². The van der Waals surface area contributed by atoms with Crippen LogP contribution in [0.5, 0.6) is 5.75 Å². The molecule has 42 heavy (non-hydrogen) atoms. The molecule has 0 aliphatic heterocycles. The maximum Gasteiger partial charge on any atom is 0.308 e. The molecule has 0 unspecified atom stereocenters. The second-order valence-corrected chi connectivity index (χ2v) is 8.90. The van der Waals surface area contributed by atoms with E-state index in [1.807, 2.05) is 37.3 Å². The minimum atomic E-state index is -1.28. The molecule has 4 aromatic rings. The lowest BCUT2D eigenvalue weighted by Gasteiger charge is -2.06. The number of halogens is 4. The lowest BCUT2D eigenvalue weighted by Crippen LogP contribution is -2.02. The molecule has 0 spiro atoms. The van der Waals surface area contributed by atoms with Gasteiger partial charge in [-0.15, -0.1) is 0 Å². The summed E-state index contributed by atoms with van der Waals surface area (Å²) >= 11 is 5.97. The quantitative estimate of drug-likeness (QED) is 0.115. The number of carbonyl (C=O) groups is 2. The van der Waals surface area contributed by atoms with Crippen molar-refractivity contribution in [2.45, 2.75) is 27.7 Å². The van der Waals surface area contributed by atoms with Gasteiger partial charge in [-0.25, -0.2) is 18.2 Å².